The van der Waals surface area contributed by atoms with Crippen molar-refractivity contribution in [2.45, 2.75) is 0 Å². The second kappa shape index (κ2) is 20.9. The lowest BCUT2D eigenvalue weighted by atomic mass is 9.98. The van der Waals surface area contributed by atoms with Crippen LogP contribution in [0.2, 0.25) is 0 Å². The Bertz CT molecular complexity index is 6420. The number of nitrogens with zero attached hydrogens (tertiary/aromatic N) is 7. The molecule has 15 aromatic carbocycles. The first-order chi connectivity index (χ1) is 47.6. The van der Waals surface area contributed by atoms with Crippen molar-refractivity contribution in [3.63, 3.8) is 0 Å². The van der Waals surface area contributed by atoms with E-state index < -0.39 is 0 Å². The summed E-state index contributed by atoms with van der Waals surface area (Å²) in [6.45, 7) is 0. The zero-order valence-corrected chi connectivity index (χ0v) is 51.7. The first-order valence-corrected chi connectivity index (χ1v) is 32.6. The fraction of sp³-hybridized carbons (Fsp3) is 0. The number of fused-ring (bicyclic) bond motifs is 16. The molecule has 0 atom stereocenters. The summed E-state index contributed by atoms with van der Waals surface area (Å²) < 4.78 is 9.65. The molecule has 444 valence electrons. The summed E-state index contributed by atoms with van der Waals surface area (Å²) in [5, 5.41) is 24.7. The zero-order chi connectivity index (χ0) is 63.1. The molecule has 7 heteroatoms. The number of rotatable bonds is 8. The van der Waals surface area contributed by atoms with Gasteiger partial charge in [0, 0.05) is 93.1 Å². The maximum atomic E-state index is 10.4. The van der Waals surface area contributed by atoms with Crippen molar-refractivity contribution in [1.82, 2.24) is 28.2 Å². The molecule has 0 aliphatic carbocycles. The summed E-state index contributed by atoms with van der Waals surface area (Å²) in [4.78, 5) is 11.3. The van der Waals surface area contributed by atoms with Gasteiger partial charge in [-0.2, -0.15) is 5.26 Å². The van der Waals surface area contributed by atoms with Crippen LogP contribution in [0, 0.1) is 11.3 Å². The van der Waals surface area contributed by atoms with Crippen LogP contribution in [-0.2, 0) is 0 Å². The van der Waals surface area contributed by atoms with Gasteiger partial charge in [0.05, 0.1) is 67.0 Å². The average molecular weight is 1220 g/mol. The molecule has 0 fully saturated rings. The van der Waals surface area contributed by atoms with Gasteiger partial charge in [0.15, 0.2) is 5.82 Å². The Morgan fingerprint density at radius 2 is 0.615 bits per heavy atom. The van der Waals surface area contributed by atoms with Gasteiger partial charge in [-0.15, -0.1) is 0 Å². The molecule has 20 aromatic rings. The Morgan fingerprint density at radius 1 is 0.240 bits per heavy atom. The molecular weight excluding hydrogens is 1170 g/mol. The quantitative estimate of drug-likeness (QED) is 0.142. The highest BCUT2D eigenvalue weighted by Gasteiger charge is 2.24. The summed E-state index contributed by atoms with van der Waals surface area (Å²) in [6.07, 6.45) is 0. The number of para-hydroxylation sites is 6. The Labute approximate surface area is 550 Å². The lowest BCUT2D eigenvalue weighted by Gasteiger charge is -2.17. The molecule has 0 bridgehead atoms. The molecule has 0 aliphatic heterocycles. The maximum absolute atomic E-state index is 10.4. The van der Waals surface area contributed by atoms with Gasteiger partial charge in [-0.1, -0.05) is 188 Å². The van der Waals surface area contributed by atoms with Crippen LogP contribution in [0.25, 0.3) is 187 Å². The van der Waals surface area contributed by atoms with Gasteiger partial charge in [-0.05, 0) is 166 Å². The number of benzene rings is 15. The normalized spacial score (nSPS) is 11.9. The van der Waals surface area contributed by atoms with Crippen molar-refractivity contribution in [3.8, 4) is 73.7 Å². The second-order valence-electron chi connectivity index (χ2n) is 25.1. The lowest BCUT2D eigenvalue weighted by Crippen LogP contribution is -2.02. The molecule has 0 radical (unpaired) electrons. The van der Waals surface area contributed by atoms with Crippen LogP contribution in [0.5, 0.6) is 0 Å². The first-order valence-electron chi connectivity index (χ1n) is 32.6. The summed E-state index contributed by atoms with van der Waals surface area (Å²) in [6, 6.07) is 119. The number of nitriles is 1. The van der Waals surface area contributed by atoms with Crippen LogP contribution >= 0.6 is 0 Å². The van der Waals surface area contributed by atoms with E-state index in [4.69, 9.17) is 9.97 Å². The molecule has 0 unspecified atom stereocenters. The van der Waals surface area contributed by atoms with Crippen LogP contribution in [-0.4, -0.2) is 28.2 Å². The maximum Gasteiger partial charge on any atom is 0.161 e. The van der Waals surface area contributed by atoms with Gasteiger partial charge in [0.2, 0.25) is 0 Å². The Kier molecular flexibility index (Phi) is 11.7. The predicted molar refractivity (Wildman–Crippen MR) is 398 cm³/mol. The van der Waals surface area contributed by atoms with E-state index in [0.717, 1.165) is 138 Å². The topological polar surface area (TPSA) is 69.3 Å². The third-order valence-corrected chi connectivity index (χ3v) is 20.0. The molecule has 0 spiro atoms. The highest BCUT2D eigenvalue weighted by molar-refractivity contribution is 6.16. The minimum absolute atomic E-state index is 0.584. The fourth-order valence-corrected chi connectivity index (χ4v) is 15.7. The molecule has 0 saturated heterocycles. The van der Waals surface area contributed by atoms with Crippen molar-refractivity contribution in [2.75, 3.05) is 0 Å². The Balaban J connectivity index is 0.823. The number of aromatic nitrogens is 6. The summed E-state index contributed by atoms with van der Waals surface area (Å²) >= 11 is 0. The average Bonchev–Trinajstić information content (AvgIpc) is 1.46. The monoisotopic (exact) mass is 1220 g/mol. The predicted octanol–water partition coefficient (Wildman–Crippen LogP) is 22.9. The summed E-state index contributed by atoms with van der Waals surface area (Å²) in [5.41, 5.74) is 22.0. The highest BCUT2D eigenvalue weighted by Crippen LogP contribution is 2.45. The molecule has 0 saturated carbocycles. The van der Waals surface area contributed by atoms with Crippen LogP contribution in [0.3, 0.4) is 0 Å². The van der Waals surface area contributed by atoms with E-state index in [2.05, 4.69) is 316 Å². The molecule has 7 nitrogen and oxygen atoms in total. The van der Waals surface area contributed by atoms with E-state index in [1.807, 2.05) is 30.3 Å². The SMILES string of the molecule is N#Cc1ccc(-c2nc(-c3cc(-n4c5ccccc5c5cc(-c6ccc7c(c6)c6ccccc6n7-c6ccccc6)ccc54)cc(-n4c5ccccc5c5cc(-c6ccc7c(c6)c6ccccc6n7-c6ccccc6)ccc54)c3)c3ccc4ccccc4c3n2)c2ccccc12. The number of hydrogen-bond acceptors (Lipinski definition) is 3. The third-order valence-electron chi connectivity index (χ3n) is 20.0. The third kappa shape index (κ3) is 8.06. The largest absolute Gasteiger partial charge is 0.309 e. The van der Waals surface area contributed by atoms with Gasteiger partial charge in [0.1, 0.15) is 0 Å². The van der Waals surface area contributed by atoms with Crippen molar-refractivity contribution < 1.29 is 0 Å². The Morgan fingerprint density at radius 3 is 1.06 bits per heavy atom. The van der Waals surface area contributed by atoms with Crippen molar-refractivity contribution in [3.05, 3.63) is 327 Å². The molecule has 96 heavy (non-hydrogen) atoms. The van der Waals surface area contributed by atoms with E-state index in [9.17, 15) is 5.26 Å². The van der Waals surface area contributed by atoms with E-state index in [1.54, 1.807) is 0 Å². The smallest absolute Gasteiger partial charge is 0.161 e. The fourth-order valence-electron chi connectivity index (χ4n) is 15.7. The molecule has 20 rings (SSSR count). The van der Waals surface area contributed by atoms with Crippen LogP contribution in [0.4, 0.5) is 0 Å². The van der Waals surface area contributed by atoms with Gasteiger partial charge in [-0.25, -0.2) is 9.97 Å². The van der Waals surface area contributed by atoms with E-state index >= 15 is 0 Å². The lowest BCUT2D eigenvalue weighted by molar-refractivity contribution is 1.13. The van der Waals surface area contributed by atoms with E-state index in [1.165, 1.54) is 43.6 Å². The van der Waals surface area contributed by atoms with Gasteiger partial charge < -0.3 is 18.3 Å². The van der Waals surface area contributed by atoms with Crippen molar-refractivity contribution in [2.24, 2.45) is 0 Å². The molecule has 0 amide bonds. The van der Waals surface area contributed by atoms with Gasteiger partial charge in [-0.3, -0.25) is 0 Å². The number of hydrogen-bond donors (Lipinski definition) is 0. The minimum Gasteiger partial charge on any atom is -0.309 e. The van der Waals surface area contributed by atoms with Gasteiger partial charge >= 0.3 is 0 Å². The van der Waals surface area contributed by atoms with Crippen molar-refractivity contribution >= 4 is 120 Å². The summed E-state index contributed by atoms with van der Waals surface area (Å²) in [7, 11) is 0. The molecule has 5 aromatic heterocycles. The van der Waals surface area contributed by atoms with Crippen molar-refractivity contribution in [1.29, 1.82) is 5.26 Å². The van der Waals surface area contributed by atoms with Gasteiger partial charge in [0.25, 0.3) is 0 Å². The van der Waals surface area contributed by atoms with E-state index in [-0.39, 0.29) is 0 Å². The van der Waals surface area contributed by atoms with Crippen LogP contribution < -0.4 is 0 Å². The molecule has 0 N–H and O–H groups in total. The standard InChI is InChI=1S/C89H53N7/c90-54-60-36-41-73(68-26-10-9-24-66(60)68)89-91-87(74-42-35-55-19-7-8-25-67(55)88(74)92-89)61-47-64(95-81-33-17-13-29-71(81)77-51-58(39-45-85(77)95)56-37-43-83-75(49-56)69-27-11-15-31-79(69)93(83)62-20-3-1-4-21-62)53-65(48-61)96-82-34-18-14-30-72(82)78-52-59(40-46-86(78)96)57-38-44-84-76(50-57)70-28-12-16-32-80(70)94(84)63-22-5-2-6-23-63/h1-53H. The van der Waals surface area contributed by atoms with E-state index in [0.29, 0.717) is 11.4 Å². The minimum atomic E-state index is 0.584. The summed E-state index contributed by atoms with van der Waals surface area (Å²) in [5.74, 6) is 0.584. The Hall–Kier alpha value is -13.2. The van der Waals surface area contributed by atoms with Crippen LogP contribution in [0.15, 0.2) is 322 Å². The van der Waals surface area contributed by atoms with Crippen LogP contribution in [0.1, 0.15) is 5.56 Å². The molecule has 5 heterocycles. The molecular formula is C89H53N7. The zero-order valence-electron chi connectivity index (χ0n) is 51.7. The molecule has 0 aliphatic rings. The highest BCUT2D eigenvalue weighted by atomic mass is 15.0. The second-order valence-corrected chi connectivity index (χ2v) is 25.1. The first kappa shape index (κ1) is 53.5.